The number of halogens is 7. The van der Waals surface area contributed by atoms with Crippen LogP contribution in [0.3, 0.4) is 0 Å². The molecule has 2 aromatic rings. The Kier molecular flexibility index (Phi) is 6.03. The SMILES string of the molecule is Cc1ccc(CC(N)C(=O)Nc2c(F)c(F)c(C(F)(F)F)c(F)c2F)cc1C. The summed E-state index contributed by atoms with van der Waals surface area (Å²) in [5, 5.41) is 1.52. The first-order valence-electron chi connectivity index (χ1n) is 7.90. The van der Waals surface area contributed by atoms with E-state index in [2.05, 4.69) is 0 Å². The summed E-state index contributed by atoms with van der Waals surface area (Å²) in [6, 6.07) is 3.76. The summed E-state index contributed by atoms with van der Waals surface area (Å²) in [4.78, 5) is 12.0. The lowest BCUT2D eigenvalue weighted by atomic mass is 10.0. The van der Waals surface area contributed by atoms with E-state index in [9.17, 15) is 35.5 Å². The summed E-state index contributed by atoms with van der Waals surface area (Å²) in [5.41, 5.74) is 3.72. The van der Waals surface area contributed by atoms with Gasteiger partial charge in [-0.1, -0.05) is 18.2 Å². The van der Waals surface area contributed by atoms with Crippen LogP contribution < -0.4 is 11.1 Å². The van der Waals surface area contributed by atoms with Crippen LogP contribution in [0.25, 0.3) is 0 Å². The van der Waals surface area contributed by atoms with Crippen molar-refractivity contribution < 1.29 is 35.5 Å². The van der Waals surface area contributed by atoms with Gasteiger partial charge in [-0.15, -0.1) is 0 Å². The van der Waals surface area contributed by atoms with Crippen molar-refractivity contribution in [3.05, 3.63) is 63.7 Å². The van der Waals surface area contributed by atoms with E-state index in [1.807, 2.05) is 13.8 Å². The third-order valence-electron chi connectivity index (χ3n) is 4.16. The molecule has 1 unspecified atom stereocenters. The highest BCUT2D eigenvalue weighted by Crippen LogP contribution is 2.38. The van der Waals surface area contributed by atoms with E-state index >= 15 is 0 Å². The lowest BCUT2D eigenvalue weighted by Gasteiger charge is -2.17. The molecule has 2 rings (SSSR count). The van der Waals surface area contributed by atoms with Crippen LogP contribution in [0.1, 0.15) is 22.3 Å². The molecule has 1 amide bonds. The first-order valence-corrected chi connectivity index (χ1v) is 7.90. The van der Waals surface area contributed by atoms with Gasteiger partial charge in [-0.25, -0.2) is 17.6 Å². The maximum atomic E-state index is 13.8. The number of hydrogen-bond acceptors (Lipinski definition) is 2. The Morgan fingerprint density at radius 3 is 2.00 bits per heavy atom. The molecule has 3 N–H and O–H groups in total. The number of aryl methyl sites for hydroxylation is 2. The zero-order valence-corrected chi connectivity index (χ0v) is 14.6. The molecule has 0 saturated heterocycles. The topological polar surface area (TPSA) is 55.1 Å². The van der Waals surface area contributed by atoms with Gasteiger partial charge in [0.05, 0.1) is 6.04 Å². The lowest BCUT2D eigenvalue weighted by molar-refractivity contribution is -0.143. The van der Waals surface area contributed by atoms with Crippen LogP contribution in [0, 0.1) is 37.1 Å². The average Bonchev–Trinajstić information content (AvgIpc) is 2.59. The lowest BCUT2D eigenvalue weighted by Crippen LogP contribution is -2.38. The molecule has 0 radical (unpaired) electrons. The van der Waals surface area contributed by atoms with Gasteiger partial charge in [-0.2, -0.15) is 13.2 Å². The molecule has 0 bridgehead atoms. The summed E-state index contributed by atoms with van der Waals surface area (Å²) in [7, 11) is 0. The molecular formula is C18H15F7N2O. The number of carbonyl (C=O) groups excluding carboxylic acids is 1. The number of benzene rings is 2. The smallest absolute Gasteiger partial charge is 0.320 e. The van der Waals surface area contributed by atoms with Crippen LogP contribution in [-0.2, 0) is 17.4 Å². The predicted octanol–water partition coefficient (Wildman–Crippen LogP) is 4.39. The largest absolute Gasteiger partial charge is 0.422 e. The number of nitrogens with one attached hydrogen (secondary N) is 1. The van der Waals surface area contributed by atoms with E-state index in [1.54, 1.807) is 18.2 Å². The number of amides is 1. The van der Waals surface area contributed by atoms with Crippen LogP contribution in [0.15, 0.2) is 18.2 Å². The van der Waals surface area contributed by atoms with Gasteiger partial charge in [0.1, 0.15) is 11.3 Å². The van der Waals surface area contributed by atoms with Gasteiger partial charge >= 0.3 is 6.18 Å². The monoisotopic (exact) mass is 408 g/mol. The molecular weight excluding hydrogens is 393 g/mol. The zero-order chi connectivity index (χ0) is 21.4. The second-order valence-corrected chi connectivity index (χ2v) is 6.22. The Morgan fingerprint density at radius 2 is 1.54 bits per heavy atom. The fourth-order valence-electron chi connectivity index (χ4n) is 2.48. The molecule has 0 fully saturated rings. The molecule has 0 aromatic heterocycles. The summed E-state index contributed by atoms with van der Waals surface area (Å²) >= 11 is 0. The highest BCUT2D eigenvalue weighted by molar-refractivity contribution is 5.95. The van der Waals surface area contributed by atoms with Crippen LogP contribution in [0.4, 0.5) is 36.4 Å². The van der Waals surface area contributed by atoms with Gasteiger partial charge in [0, 0.05) is 0 Å². The number of nitrogens with two attached hydrogens (primary N) is 1. The van der Waals surface area contributed by atoms with E-state index in [0.717, 1.165) is 11.1 Å². The number of alkyl halides is 3. The minimum atomic E-state index is -5.67. The Labute approximate surface area is 155 Å². The van der Waals surface area contributed by atoms with Gasteiger partial charge in [-0.3, -0.25) is 4.79 Å². The highest BCUT2D eigenvalue weighted by atomic mass is 19.4. The normalized spacial score (nSPS) is 12.8. The average molecular weight is 408 g/mol. The maximum absolute atomic E-state index is 13.8. The third-order valence-corrected chi connectivity index (χ3v) is 4.16. The molecule has 0 saturated carbocycles. The van der Waals surface area contributed by atoms with Gasteiger partial charge in [0.25, 0.3) is 0 Å². The Balaban J connectivity index is 2.29. The molecule has 10 heteroatoms. The molecule has 28 heavy (non-hydrogen) atoms. The van der Waals surface area contributed by atoms with Crippen molar-refractivity contribution in [1.82, 2.24) is 0 Å². The van der Waals surface area contributed by atoms with E-state index < -0.39 is 52.6 Å². The first-order chi connectivity index (χ1) is 12.8. The summed E-state index contributed by atoms with van der Waals surface area (Å²) in [6.07, 6.45) is -5.75. The third kappa shape index (κ3) is 4.27. The highest BCUT2D eigenvalue weighted by Gasteiger charge is 2.42. The van der Waals surface area contributed by atoms with E-state index in [4.69, 9.17) is 5.73 Å². The Hall–Kier alpha value is -2.62. The molecule has 0 heterocycles. The summed E-state index contributed by atoms with van der Waals surface area (Å²) < 4.78 is 92.6. The standard InChI is InChI=1S/C18H15F7N2O/c1-7-3-4-9(5-8(7)2)6-10(26)17(28)27-16-14(21)12(19)11(18(23,24)25)13(20)15(16)22/h3-5,10H,6,26H2,1-2H3,(H,27,28). The van der Waals surface area contributed by atoms with Gasteiger partial charge < -0.3 is 11.1 Å². The van der Waals surface area contributed by atoms with E-state index in [0.29, 0.717) is 5.56 Å². The van der Waals surface area contributed by atoms with Gasteiger partial charge in [-0.05, 0) is 37.0 Å². The maximum Gasteiger partial charge on any atom is 0.422 e. The molecule has 2 aromatic carbocycles. The van der Waals surface area contributed by atoms with Gasteiger partial charge in [0.2, 0.25) is 5.91 Å². The van der Waals surface area contributed by atoms with Crippen LogP contribution in [-0.4, -0.2) is 11.9 Å². The number of rotatable bonds is 4. The van der Waals surface area contributed by atoms with Crippen molar-refractivity contribution in [2.45, 2.75) is 32.5 Å². The number of carbonyl (C=O) groups is 1. The Bertz CT molecular complexity index is 896. The molecule has 0 spiro atoms. The second kappa shape index (κ2) is 7.78. The first kappa shape index (κ1) is 21.7. The molecule has 0 aliphatic carbocycles. The van der Waals surface area contributed by atoms with Crippen molar-refractivity contribution in [1.29, 1.82) is 0 Å². The van der Waals surface area contributed by atoms with Gasteiger partial charge in [0.15, 0.2) is 23.3 Å². The fourth-order valence-corrected chi connectivity index (χ4v) is 2.48. The second-order valence-electron chi connectivity index (χ2n) is 6.22. The quantitative estimate of drug-likeness (QED) is 0.583. The van der Waals surface area contributed by atoms with Crippen LogP contribution in [0.2, 0.25) is 0 Å². The van der Waals surface area contributed by atoms with Crippen molar-refractivity contribution in [3.8, 4) is 0 Å². The van der Waals surface area contributed by atoms with Crippen molar-refractivity contribution >= 4 is 11.6 Å². The number of anilines is 1. The molecule has 0 aliphatic heterocycles. The molecule has 152 valence electrons. The molecule has 3 nitrogen and oxygen atoms in total. The van der Waals surface area contributed by atoms with Crippen molar-refractivity contribution in [3.63, 3.8) is 0 Å². The van der Waals surface area contributed by atoms with E-state index in [-0.39, 0.29) is 6.42 Å². The van der Waals surface area contributed by atoms with Crippen molar-refractivity contribution in [2.24, 2.45) is 5.73 Å². The summed E-state index contributed by atoms with van der Waals surface area (Å²) in [5.74, 6) is -11.3. The minimum absolute atomic E-state index is 0.0816. The zero-order valence-electron chi connectivity index (χ0n) is 14.6. The molecule has 1 atom stereocenters. The predicted molar refractivity (Wildman–Crippen MR) is 87.5 cm³/mol. The minimum Gasteiger partial charge on any atom is -0.320 e. The van der Waals surface area contributed by atoms with E-state index in [1.165, 1.54) is 5.32 Å². The molecule has 0 aliphatic rings. The number of hydrogen-bond donors (Lipinski definition) is 2. The van der Waals surface area contributed by atoms with Crippen molar-refractivity contribution in [2.75, 3.05) is 5.32 Å². The fraction of sp³-hybridized carbons (Fsp3) is 0.278. The van der Waals surface area contributed by atoms with Crippen LogP contribution in [0.5, 0.6) is 0 Å². The summed E-state index contributed by atoms with van der Waals surface area (Å²) in [6.45, 7) is 3.66. The Morgan fingerprint density at radius 1 is 1.00 bits per heavy atom. The van der Waals surface area contributed by atoms with Crippen LogP contribution >= 0.6 is 0 Å².